The van der Waals surface area contributed by atoms with Gasteiger partial charge in [-0.2, -0.15) is 0 Å². The maximum absolute atomic E-state index is 12.4. The fraction of sp³-hybridized carbons (Fsp3) is 0.357. The Morgan fingerprint density at radius 3 is 2.71 bits per heavy atom. The number of aromatic nitrogens is 1. The Balaban J connectivity index is 2.11. The van der Waals surface area contributed by atoms with Gasteiger partial charge in [0.2, 0.25) is 10.0 Å². The molecule has 0 radical (unpaired) electrons. The maximum Gasteiger partial charge on any atom is 0.241 e. The van der Waals surface area contributed by atoms with Crippen LogP contribution < -0.4 is 10.0 Å². The van der Waals surface area contributed by atoms with E-state index in [0.717, 1.165) is 18.5 Å². The van der Waals surface area contributed by atoms with Crippen LogP contribution in [0, 0.1) is 0 Å². The Hall–Kier alpha value is -1.70. The largest absolute Gasteiger partial charge is 0.360 e. The first kappa shape index (κ1) is 15.7. The van der Waals surface area contributed by atoms with E-state index >= 15 is 0 Å². The molecule has 114 valence electrons. The molecular weight excluding hydrogens is 290 g/mol. The third-order valence-corrected chi connectivity index (χ3v) is 4.43. The van der Waals surface area contributed by atoms with Crippen LogP contribution in [-0.2, 0) is 23.1 Å². The molecule has 0 bridgehead atoms. The summed E-state index contributed by atoms with van der Waals surface area (Å²) in [5.41, 5.74) is 0.746. The first-order valence-electron chi connectivity index (χ1n) is 6.81. The molecule has 2 rings (SSSR count). The summed E-state index contributed by atoms with van der Waals surface area (Å²) in [6.45, 7) is 3.51. The van der Waals surface area contributed by atoms with Crippen molar-refractivity contribution >= 4 is 10.0 Å². The standard InChI is InChI=1S/C14H19N3O3S/c1-2-8-15-10-12-5-3-4-6-14(12)21(18,19)17-11-13-7-9-16-20-13/h3-7,9,15,17H,2,8,10-11H2,1H3. The van der Waals surface area contributed by atoms with E-state index in [1.807, 2.05) is 12.1 Å². The number of nitrogens with zero attached hydrogens (tertiary/aromatic N) is 1. The zero-order valence-electron chi connectivity index (χ0n) is 11.9. The van der Waals surface area contributed by atoms with Gasteiger partial charge in [0.05, 0.1) is 17.6 Å². The van der Waals surface area contributed by atoms with E-state index in [0.29, 0.717) is 12.3 Å². The average Bonchev–Trinajstić information content (AvgIpc) is 2.99. The monoisotopic (exact) mass is 309 g/mol. The third-order valence-electron chi connectivity index (χ3n) is 2.93. The van der Waals surface area contributed by atoms with Crippen LogP contribution >= 0.6 is 0 Å². The Labute approximate surface area is 124 Å². The lowest BCUT2D eigenvalue weighted by Gasteiger charge is -2.11. The highest BCUT2D eigenvalue weighted by Crippen LogP contribution is 2.15. The minimum atomic E-state index is -3.58. The predicted molar refractivity (Wildman–Crippen MR) is 79.0 cm³/mol. The van der Waals surface area contributed by atoms with E-state index in [9.17, 15) is 8.42 Å². The Bertz CT molecular complexity index is 654. The topological polar surface area (TPSA) is 84.2 Å². The SMILES string of the molecule is CCCNCc1ccccc1S(=O)(=O)NCc1ccno1. The van der Waals surface area contributed by atoms with E-state index in [1.165, 1.54) is 6.20 Å². The normalized spacial score (nSPS) is 11.7. The molecule has 2 N–H and O–H groups in total. The molecule has 2 aromatic rings. The van der Waals surface area contributed by atoms with Crippen molar-refractivity contribution in [3.63, 3.8) is 0 Å². The van der Waals surface area contributed by atoms with Crippen LogP contribution in [0.1, 0.15) is 24.7 Å². The van der Waals surface area contributed by atoms with E-state index in [2.05, 4.69) is 22.1 Å². The zero-order chi connectivity index (χ0) is 15.1. The lowest BCUT2D eigenvalue weighted by molar-refractivity contribution is 0.380. The second-order valence-corrected chi connectivity index (χ2v) is 6.32. The van der Waals surface area contributed by atoms with E-state index < -0.39 is 10.0 Å². The number of benzene rings is 1. The predicted octanol–water partition coefficient (Wildman–Crippen LogP) is 1.65. The zero-order valence-corrected chi connectivity index (χ0v) is 12.7. The molecule has 1 aromatic carbocycles. The van der Waals surface area contributed by atoms with Crippen molar-refractivity contribution in [2.45, 2.75) is 31.3 Å². The van der Waals surface area contributed by atoms with E-state index in [4.69, 9.17) is 4.52 Å². The number of sulfonamides is 1. The Morgan fingerprint density at radius 2 is 2.00 bits per heavy atom. The molecule has 1 aromatic heterocycles. The fourth-order valence-corrected chi connectivity index (χ4v) is 3.12. The molecule has 7 heteroatoms. The van der Waals surface area contributed by atoms with Gasteiger partial charge >= 0.3 is 0 Å². The lowest BCUT2D eigenvalue weighted by Crippen LogP contribution is -2.25. The Kier molecular flexibility index (Phi) is 5.49. The third kappa shape index (κ3) is 4.38. The van der Waals surface area contributed by atoms with Crippen molar-refractivity contribution in [2.24, 2.45) is 0 Å². The van der Waals surface area contributed by atoms with Gasteiger partial charge in [-0.1, -0.05) is 30.3 Å². The molecule has 0 aliphatic rings. The summed E-state index contributed by atoms with van der Waals surface area (Å²) in [4.78, 5) is 0.285. The van der Waals surface area contributed by atoms with Crippen LogP contribution in [0.15, 0.2) is 45.9 Å². The van der Waals surface area contributed by atoms with Crippen molar-refractivity contribution in [1.82, 2.24) is 15.2 Å². The summed E-state index contributed by atoms with van der Waals surface area (Å²) in [5, 5.41) is 6.76. The molecule has 0 amide bonds. The smallest absolute Gasteiger partial charge is 0.241 e. The summed E-state index contributed by atoms with van der Waals surface area (Å²) in [7, 11) is -3.58. The molecule has 0 unspecified atom stereocenters. The summed E-state index contributed by atoms with van der Waals surface area (Å²) < 4.78 is 32.2. The number of hydrogen-bond donors (Lipinski definition) is 2. The van der Waals surface area contributed by atoms with Gasteiger partial charge in [-0.05, 0) is 24.6 Å². The minimum absolute atomic E-state index is 0.0824. The highest BCUT2D eigenvalue weighted by Gasteiger charge is 2.18. The van der Waals surface area contributed by atoms with Gasteiger partial charge in [0.1, 0.15) is 0 Å². The van der Waals surface area contributed by atoms with Crippen molar-refractivity contribution in [3.05, 3.63) is 47.9 Å². The van der Waals surface area contributed by atoms with E-state index in [-0.39, 0.29) is 11.4 Å². The van der Waals surface area contributed by atoms with Gasteiger partial charge in [0, 0.05) is 12.6 Å². The molecule has 1 heterocycles. The molecule has 0 saturated carbocycles. The van der Waals surface area contributed by atoms with Gasteiger partial charge in [0.15, 0.2) is 5.76 Å². The van der Waals surface area contributed by atoms with E-state index in [1.54, 1.807) is 18.2 Å². The van der Waals surface area contributed by atoms with Crippen LogP contribution in [-0.4, -0.2) is 20.1 Å². The fourth-order valence-electron chi connectivity index (χ4n) is 1.89. The summed E-state index contributed by atoms with van der Waals surface area (Å²) in [5.74, 6) is 0.472. The number of nitrogens with one attached hydrogen (secondary N) is 2. The van der Waals surface area contributed by atoms with Crippen LogP contribution in [0.5, 0.6) is 0 Å². The van der Waals surface area contributed by atoms with Crippen molar-refractivity contribution in [2.75, 3.05) is 6.54 Å². The second-order valence-electron chi connectivity index (χ2n) is 4.59. The average molecular weight is 309 g/mol. The van der Waals surface area contributed by atoms with Crippen molar-refractivity contribution in [3.8, 4) is 0 Å². The Morgan fingerprint density at radius 1 is 1.19 bits per heavy atom. The molecule has 0 saturated heterocycles. The quantitative estimate of drug-likeness (QED) is 0.724. The second kappa shape index (κ2) is 7.35. The van der Waals surface area contributed by atoms with Crippen molar-refractivity contribution < 1.29 is 12.9 Å². The number of hydrogen-bond acceptors (Lipinski definition) is 5. The van der Waals surface area contributed by atoms with Gasteiger partial charge in [0.25, 0.3) is 0 Å². The molecule has 0 aliphatic heterocycles. The first-order chi connectivity index (χ1) is 10.1. The molecule has 0 atom stereocenters. The highest BCUT2D eigenvalue weighted by molar-refractivity contribution is 7.89. The molecule has 21 heavy (non-hydrogen) atoms. The van der Waals surface area contributed by atoms with Crippen LogP contribution in [0.4, 0.5) is 0 Å². The minimum Gasteiger partial charge on any atom is -0.360 e. The summed E-state index contributed by atoms with van der Waals surface area (Å²) in [6, 6.07) is 8.58. The van der Waals surface area contributed by atoms with Crippen LogP contribution in [0.25, 0.3) is 0 Å². The molecular formula is C14H19N3O3S. The first-order valence-corrected chi connectivity index (χ1v) is 8.29. The van der Waals surface area contributed by atoms with Gasteiger partial charge in [-0.15, -0.1) is 0 Å². The van der Waals surface area contributed by atoms with Gasteiger partial charge < -0.3 is 9.84 Å². The maximum atomic E-state index is 12.4. The van der Waals surface area contributed by atoms with Crippen molar-refractivity contribution in [1.29, 1.82) is 0 Å². The number of rotatable bonds is 8. The van der Waals surface area contributed by atoms with Crippen LogP contribution in [0.2, 0.25) is 0 Å². The van der Waals surface area contributed by atoms with Gasteiger partial charge in [-0.25, -0.2) is 13.1 Å². The molecule has 0 spiro atoms. The molecule has 0 fully saturated rings. The van der Waals surface area contributed by atoms with Crippen LogP contribution in [0.3, 0.4) is 0 Å². The lowest BCUT2D eigenvalue weighted by atomic mass is 10.2. The van der Waals surface area contributed by atoms with Gasteiger partial charge in [-0.3, -0.25) is 0 Å². The highest BCUT2D eigenvalue weighted by atomic mass is 32.2. The summed E-state index contributed by atoms with van der Waals surface area (Å²) in [6.07, 6.45) is 2.48. The molecule has 6 nitrogen and oxygen atoms in total. The summed E-state index contributed by atoms with van der Waals surface area (Å²) >= 11 is 0. The molecule has 0 aliphatic carbocycles.